The first-order valence-corrected chi connectivity index (χ1v) is 7.29. The molecule has 6 heteroatoms. The largest absolute Gasteiger partial charge is 0.380 e. The van der Waals surface area contributed by atoms with Crippen LogP contribution in [0.4, 0.5) is 5.69 Å². The Kier molecular flexibility index (Phi) is 4.91. The molecule has 0 aliphatic rings. The number of nitrogens with two attached hydrogens (primary N) is 1. The van der Waals surface area contributed by atoms with Crippen molar-refractivity contribution in [3.63, 3.8) is 0 Å². The van der Waals surface area contributed by atoms with E-state index in [1.165, 1.54) is 0 Å². The van der Waals surface area contributed by atoms with E-state index in [2.05, 4.69) is 21.2 Å². The lowest BCUT2D eigenvalue weighted by molar-refractivity contribution is 0.100. The second kappa shape index (κ2) is 6.48. The number of carbonyl (C=O) groups is 1. The predicted octanol–water partition coefficient (Wildman–Crippen LogP) is 4.47. The van der Waals surface area contributed by atoms with E-state index in [1.54, 1.807) is 18.2 Å². The molecule has 0 saturated carbocycles. The molecule has 0 spiro atoms. The Morgan fingerprint density at radius 2 is 1.90 bits per heavy atom. The van der Waals surface area contributed by atoms with Crippen molar-refractivity contribution in [2.75, 3.05) is 5.32 Å². The molecule has 3 nitrogen and oxygen atoms in total. The molecule has 0 bridgehead atoms. The fourth-order valence-electron chi connectivity index (χ4n) is 1.67. The summed E-state index contributed by atoms with van der Waals surface area (Å²) in [5, 5.41) is 4.30. The maximum Gasteiger partial charge on any atom is 0.248 e. The van der Waals surface area contributed by atoms with Gasteiger partial charge in [-0.1, -0.05) is 45.2 Å². The van der Waals surface area contributed by atoms with E-state index in [-0.39, 0.29) is 0 Å². The number of benzene rings is 2. The second-order valence-electron chi connectivity index (χ2n) is 4.15. The van der Waals surface area contributed by atoms with Gasteiger partial charge in [0.05, 0.1) is 10.7 Å². The molecular formula is C14H11BrCl2N2O. The molecule has 0 heterocycles. The average Bonchev–Trinajstić information content (AvgIpc) is 2.38. The fourth-order valence-corrected chi connectivity index (χ4v) is 2.65. The van der Waals surface area contributed by atoms with Crippen LogP contribution in [0.1, 0.15) is 15.9 Å². The van der Waals surface area contributed by atoms with Crippen molar-refractivity contribution in [1.29, 1.82) is 0 Å². The van der Waals surface area contributed by atoms with E-state index in [0.717, 1.165) is 15.7 Å². The van der Waals surface area contributed by atoms with E-state index in [1.807, 2.05) is 18.2 Å². The van der Waals surface area contributed by atoms with Crippen LogP contribution in [0.25, 0.3) is 0 Å². The predicted molar refractivity (Wildman–Crippen MR) is 86.4 cm³/mol. The highest BCUT2D eigenvalue weighted by Crippen LogP contribution is 2.27. The van der Waals surface area contributed by atoms with Crippen molar-refractivity contribution in [3.8, 4) is 0 Å². The first-order chi connectivity index (χ1) is 9.47. The normalized spacial score (nSPS) is 10.3. The number of amides is 1. The van der Waals surface area contributed by atoms with Crippen LogP contribution < -0.4 is 11.1 Å². The smallest absolute Gasteiger partial charge is 0.248 e. The zero-order chi connectivity index (χ0) is 14.7. The van der Waals surface area contributed by atoms with E-state index >= 15 is 0 Å². The summed E-state index contributed by atoms with van der Waals surface area (Å²) in [6.45, 7) is 0.499. The Morgan fingerprint density at radius 1 is 1.15 bits per heavy atom. The third-order valence-corrected chi connectivity index (χ3v) is 3.90. The van der Waals surface area contributed by atoms with Crippen LogP contribution >= 0.6 is 39.1 Å². The van der Waals surface area contributed by atoms with Crippen LogP contribution in [-0.2, 0) is 6.54 Å². The third kappa shape index (κ3) is 3.66. The molecule has 2 rings (SSSR count). The SMILES string of the molecule is NC(=O)c1ccc(CNc2ccc(Br)cc2Cl)c(Cl)c1. The molecular weight excluding hydrogens is 363 g/mol. The van der Waals surface area contributed by atoms with Gasteiger partial charge >= 0.3 is 0 Å². The van der Waals surface area contributed by atoms with Crippen molar-refractivity contribution >= 4 is 50.7 Å². The summed E-state index contributed by atoms with van der Waals surface area (Å²) < 4.78 is 0.914. The van der Waals surface area contributed by atoms with E-state index in [0.29, 0.717) is 22.2 Å². The number of nitrogens with one attached hydrogen (secondary N) is 1. The lowest BCUT2D eigenvalue weighted by Crippen LogP contribution is -2.11. The van der Waals surface area contributed by atoms with Crippen LogP contribution in [0.2, 0.25) is 10.0 Å². The molecule has 0 aliphatic carbocycles. The summed E-state index contributed by atoms with van der Waals surface area (Å²) in [4.78, 5) is 11.0. The minimum Gasteiger partial charge on any atom is -0.380 e. The lowest BCUT2D eigenvalue weighted by Gasteiger charge is -2.10. The molecule has 0 unspecified atom stereocenters. The molecule has 2 aromatic carbocycles. The summed E-state index contributed by atoms with van der Waals surface area (Å²) in [6, 6.07) is 10.5. The lowest BCUT2D eigenvalue weighted by atomic mass is 10.1. The maximum absolute atomic E-state index is 11.0. The van der Waals surface area contributed by atoms with E-state index in [4.69, 9.17) is 28.9 Å². The average molecular weight is 374 g/mol. The summed E-state index contributed by atoms with van der Waals surface area (Å²) in [6.07, 6.45) is 0. The standard InChI is InChI=1S/C14H11BrCl2N2O/c15-10-3-4-13(12(17)6-10)19-7-9-2-1-8(14(18)20)5-11(9)16/h1-6,19H,7H2,(H2,18,20). The van der Waals surface area contributed by atoms with Crippen LogP contribution in [0.5, 0.6) is 0 Å². The van der Waals surface area contributed by atoms with Gasteiger partial charge in [-0.15, -0.1) is 0 Å². The van der Waals surface area contributed by atoms with Gasteiger partial charge in [-0.2, -0.15) is 0 Å². The molecule has 0 atom stereocenters. The third-order valence-electron chi connectivity index (χ3n) is 2.74. The zero-order valence-electron chi connectivity index (χ0n) is 10.3. The van der Waals surface area contributed by atoms with Crippen LogP contribution in [0.15, 0.2) is 40.9 Å². The number of carbonyl (C=O) groups excluding carboxylic acids is 1. The van der Waals surface area contributed by atoms with Gasteiger partial charge < -0.3 is 11.1 Å². The highest BCUT2D eigenvalue weighted by atomic mass is 79.9. The first kappa shape index (κ1) is 15.2. The highest BCUT2D eigenvalue weighted by molar-refractivity contribution is 9.10. The Hall–Kier alpha value is -1.23. The zero-order valence-corrected chi connectivity index (χ0v) is 13.4. The van der Waals surface area contributed by atoms with Gasteiger partial charge in [-0.05, 0) is 35.9 Å². The minimum absolute atomic E-state index is 0.389. The molecule has 0 aliphatic heterocycles. The van der Waals surface area contributed by atoms with Crippen molar-refractivity contribution < 1.29 is 4.79 Å². The maximum atomic E-state index is 11.0. The van der Waals surface area contributed by atoms with Gasteiger partial charge in [0.25, 0.3) is 0 Å². The number of rotatable bonds is 4. The van der Waals surface area contributed by atoms with Crippen LogP contribution in [-0.4, -0.2) is 5.91 Å². The summed E-state index contributed by atoms with van der Waals surface area (Å²) in [5.41, 5.74) is 7.25. The highest BCUT2D eigenvalue weighted by Gasteiger charge is 2.06. The van der Waals surface area contributed by atoms with Crippen LogP contribution in [0, 0.1) is 0 Å². The molecule has 20 heavy (non-hydrogen) atoms. The molecule has 3 N–H and O–H groups in total. The summed E-state index contributed by atoms with van der Waals surface area (Å²) in [5.74, 6) is -0.498. The van der Waals surface area contributed by atoms with Gasteiger partial charge in [0.1, 0.15) is 0 Å². The second-order valence-corrected chi connectivity index (χ2v) is 5.88. The Morgan fingerprint density at radius 3 is 2.50 bits per heavy atom. The monoisotopic (exact) mass is 372 g/mol. The number of halogens is 3. The Bertz CT molecular complexity index is 662. The number of primary amides is 1. The van der Waals surface area contributed by atoms with E-state index < -0.39 is 5.91 Å². The molecule has 0 aromatic heterocycles. The van der Waals surface area contributed by atoms with Crippen molar-refractivity contribution in [2.45, 2.75) is 6.54 Å². The van der Waals surface area contributed by atoms with Gasteiger partial charge in [-0.25, -0.2) is 0 Å². The van der Waals surface area contributed by atoms with Gasteiger partial charge in [-0.3, -0.25) is 4.79 Å². The molecule has 0 fully saturated rings. The number of anilines is 1. The number of hydrogen-bond acceptors (Lipinski definition) is 2. The fraction of sp³-hybridized carbons (Fsp3) is 0.0714. The topological polar surface area (TPSA) is 55.1 Å². The van der Waals surface area contributed by atoms with Crippen molar-refractivity contribution in [3.05, 3.63) is 62.0 Å². The van der Waals surface area contributed by atoms with Crippen LogP contribution in [0.3, 0.4) is 0 Å². The Labute approximate surface area is 135 Å². The molecule has 104 valence electrons. The van der Waals surface area contributed by atoms with Gasteiger partial charge in [0.15, 0.2) is 0 Å². The summed E-state index contributed by atoms with van der Waals surface area (Å²) >= 11 is 15.6. The van der Waals surface area contributed by atoms with E-state index in [9.17, 15) is 4.79 Å². The quantitative estimate of drug-likeness (QED) is 0.830. The number of hydrogen-bond donors (Lipinski definition) is 2. The molecule has 2 aromatic rings. The van der Waals surface area contributed by atoms with Crippen molar-refractivity contribution in [1.82, 2.24) is 0 Å². The Balaban J connectivity index is 2.13. The van der Waals surface area contributed by atoms with Gasteiger partial charge in [0.2, 0.25) is 5.91 Å². The minimum atomic E-state index is -0.498. The van der Waals surface area contributed by atoms with Gasteiger partial charge in [0, 0.05) is 21.6 Å². The molecule has 1 amide bonds. The first-order valence-electron chi connectivity index (χ1n) is 5.74. The molecule has 0 saturated heterocycles. The molecule has 0 radical (unpaired) electrons. The summed E-state index contributed by atoms with van der Waals surface area (Å²) in [7, 11) is 0. The van der Waals surface area contributed by atoms with Crippen molar-refractivity contribution in [2.24, 2.45) is 5.73 Å².